The smallest absolute Gasteiger partial charge is 0.348 e. The van der Waals surface area contributed by atoms with Crippen molar-refractivity contribution in [1.29, 1.82) is 0 Å². The van der Waals surface area contributed by atoms with Crippen LogP contribution in [-0.4, -0.2) is 43.7 Å². The van der Waals surface area contributed by atoms with Crippen molar-refractivity contribution in [2.45, 2.75) is 0 Å². The highest BCUT2D eigenvalue weighted by molar-refractivity contribution is 7.20. The molecule has 0 aliphatic carbocycles. The standard InChI is InChI=1S/C14H14N2O6S/c1-21-5-4-15-13(17)8-22-14(18)12-7-9-6-10(16(19)20)2-3-11(9)23-12/h2-3,6-7H,4-5,8H2,1H3,(H,15,17). The molecule has 23 heavy (non-hydrogen) atoms. The zero-order chi connectivity index (χ0) is 16.8. The molecule has 0 unspecified atom stereocenters. The molecule has 1 amide bonds. The van der Waals surface area contributed by atoms with E-state index in [1.165, 1.54) is 25.3 Å². The molecule has 0 saturated carbocycles. The molecule has 0 spiro atoms. The van der Waals surface area contributed by atoms with Crippen molar-refractivity contribution in [2.75, 3.05) is 26.9 Å². The predicted octanol–water partition coefficient (Wildman–Crippen LogP) is 1.73. The number of carbonyl (C=O) groups excluding carboxylic acids is 2. The average molecular weight is 338 g/mol. The number of nitrogens with one attached hydrogen (secondary N) is 1. The van der Waals surface area contributed by atoms with Crippen molar-refractivity contribution in [2.24, 2.45) is 0 Å². The lowest BCUT2D eigenvalue weighted by Gasteiger charge is -2.04. The van der Waals surface area contributed by atoms with E-state index in [4.69, 9.17) is 9.47 Å². The van der Waals surface area contributed by atoms with Crippen LogP contribution < -0.4 is 5.32 Å². The van der Waals surface area contributed by atoms with Gasteiger partial charge in [0.25, 0.3) is 11.6 Å². The molecule has 9 heteroatoms. The van der Waals surface area contributed by atoms with E-state index in [-0.39, 0.29) is 10.6 Å². The summed E-state index contributed by atoms with van der Waals surface area (Å²) in [7, 11) is 1.51. The van der Waals surface area contributed by atoms with E-state index in [1.54, 1.807) is 6.07 Å². The van der Waals surface area contributed by atoms with Crippen LogP contribution in [0.25, 0.3) is 10.1 Å². The van der Waals surface area contributed by atoms with E-state index < -0.39 is 23.4 Å². The molecule has 1 N–H and O–H groups in total. The van der Waals surface area contributed by atoms with Crippen LogP contribution in [-0.2, 0) is 14.3 Å². The van der Waals surface area contributed by atoms with Gasteiger partial charge in [-0.3, -0.25) is 14.9 Å². The molecule has 2 rings (SSSR count). The summed E-state index contributed by atoms with van der Waals surface area (Å²) in [6, 6.07) is 5.85. The molecule has 0 aliphatic heterocycles. The van der Waals surface area contributed by atoms with Crippen molar-refractivity contribution in [3.63, 3.8) is 0 Å². The zero-order valence-corrected chi connectivity index (χ0v) is 13.1. The van der Waals surface area contributed by atoms with Crippen LogP contribution in [0.1, 0.15) is 9.67 Å². The van der Waals surface area contributed by atoms with Crippen molar-refractivity contribution in [3.8, 4) is 0 Å². The number of rotatable bonds is 7. The average Bonchev–Trinajstić information content (AvgIpc) is 2.95. The highest BCUT2D eigenvalue weighted by Gasteiger charge is 2.15. The lowest BCUT2D eigenvalue weighted by molar-refractivity contribution is -0.384. The first-order chi connectivity index (χ1) is 11.0. The molecule has 2 aromatic rings. The van der Waals surface area contributed by atoms with Gasteiger partial charge in [0.1, 0.15) is 4.88 Å². The third-order valence-corrected chi connectivity index (χ3v) is 3.97. The fourth-order valence-electron chi connectivity index (χ4n) is 1.79. The van der Waals surface area contributed by atoms with Gasteiger partial charge in [-0.2, -0.15) is 0 Å². The van der Waals surface area contributed by atoms with Crippen LogP contribution in [0.15, 0.2) is 24.3 Å². The maximum atomic E-state index is 11.9. The zero-order valence-electron chi connectivity index (χ0n) is 12.2. The molecular weight excluding hydrogens is 324 g/mol. The topological polar surface area (TPSA) is 108 Å². The van der Waals surface area contributed by atoms with Crippen LogP contribution in [0.3, 0.4) is 0 Å². The molecule has 0 radical (unpaired) electrons. The molecule has 0 saturated heterocycles. The van der Waals surface area contributed by atoms with Gasteiger partial charge in [0.15, 0.2) is 6.61 Å². The Morgan fingerprint density at radius 3 is 2.83 bits per heavy atom. The lowest BCUT2D eigenvalue weighted by atomic mass is 10.2. The molecular formula is C14H14N2O6S. The fourth-order valence-corrected chi connectivity index (χ4v) is 2.73. The van der Waals surface area contributed by atoms with Crippen LogP contribution in [0.4, 0.5) is 5.69 Å². The fraction of sp³-hybridized carbons (Fsp3) is 0.286. The third kappa shape index (κ3) is 4.47. The van der Waals surface area contributed by atoms with E-state index in [9.17, 15) is 19.7 Å². The lowest BCUT2D eigenvalue weighted by Crippen LogP contribution is -2.31. The predicted molar refractivity (Wildman–Crippen MR) is 83.6 cm³/mol. The molecule has 8 nitrogen and oxygen atoms in total. The monoisotopic (exact) mass is 338 g/mol. The Balaban J connectivity index is 1.98. The summed E-state index contributed by atoms with van der Waals surface area (Å²) in [5.74, 6) is -1.07. The number of benzene rings is 1. The normalized spacial score (nSPS) is 10.5. The number of nitrogens with zero attached hydrogens (tertiary/aromatic N) is 1. The van der Waals surface area contributed by atoms with Gasteiger partial charge in [-0.15, -0.1) is 11.3 Å². The Kier molecular flexibility index (Phi) is 5.61. The molecule has 0 fully saturated rings. The Hall–Kier alpha value is -2.52. The van der Waals surface area contributed by atoms with Crippen LogP contribution >= 0.6 is 11.3 Å². The van der Waals surface area contributed by atoms with Gasteiger partial charge in [0.05, 0.1) is 11.5 Å². The minimum atomic E-state index is -0.643. The van der Waals surface area contributed by atoms with Gasteiger partial charge in [0, 0.05) is 35.9 Å². The van der Waals surface area contributed by atoms with Crippen molar-refractivity contribution in [1.82, 2.24) is 5.32 Å². The number of thiophene rings is 1. The second-order valence-corrected chi connectivity index (χ2v) is 5.59. The second kappa shape index (κ2) is 7.65. The van der Waals surface area contributed by atoms with Gasteiger partial charge in [0.2, 0.25) is 0 Å². The number of hydrogen-bond acceptors (Lipinski definition) is 7. The maximum absolute atomic E-state index is 11.9. The first kappa shape index (κ1) is 16.8. The van der Waals surface area contributed by atoms with E-state index in [0.29, 0.717) is 18.5 Å². The summed E-state index contributed by atoms with van der Waals surface area (Å²) in [5, 5.41) is 13.8. The van der Waals surface area contributed by atoms with Crippen molar-refractivity contribution in [3.05, 3.63) is 39.3 Å². The minimum Gasteiger partial charge on any atom is -0.451 e. The summed E-state index contributed by atoms with van der Waals surface area (Å²) in [5.41, 5.74) is -0.0484. The number of carbonyl (C=O) groups is 2. The van der Waals surface area contributed by atoms with Crippen LogP contribution in [0, 0.1) is 10.1 Å². The van der Waals surface area contributed by atoms with Gasteiger partial charge >= 0.3 is 5.97 Å². The first-order valence-electron chi connectivity index (χ1n) is 6.62. The van der Waals surface area contributed by atoms with Gasteiger partial charge < -0.3 is 14.8 Å². The summed E-state index contributed by atoms with van der Waals surface area (Å²) >= 11 is 1.15. The van der Waals surface area contributed by atoms with E-state index in [1.807, 2.05) is 0 Å². The Bertz CT molecular complexity index is 742. The highest BCUT2D eigenvalue weighted by atomic mass is 32.1. The molecule has 1 heterocycles. The SMILES string of the molecule is COCCNC(=O)COC(=O)c1cc2cc([N+](=O)[O-])ccc2s1. The van der Waals surface area contributed by atoms with E-state index in [0.717, 1.165) is 16.0 Å². The number of non-ortho nitro benzene ring substituents is 1. The Labute approximate surface area is 135 Å². The van der Waals surface area contributed by atoms with Crippen LogP contribution in [0.2, 0.25) is 0 Å². The molecule has 0 atom stereocenters. The molecule has 1 aromatic carbocycles. The van der Waals surface area contributed by atoms with E-state index in [2.05, 4.69) is 5.32 Å². The number of hydrogen-bond donors (Lipinski definition) is 1. The first-order valence-corrected chi connectivity index (χ1v) is 7.43. The highest BCUT2D eigenvalue weighted by Crippen LogP contribution is 2.29. The summed E-state index contributed by atoms with van der Waals surface area (Å²) in [4.78, 5) is 33.9. The number of esters is 1. The molecule has 0 bridgehead atoms. The third-order valence-electron chi connectivity index (χ3n) is 2.87. The number of ether oxygens (including phenoxy) is 2. The van der Waals surface area contributed by atoms with Crippen molar-refractivity contribution >= 4 is 39.0 Å². The molecule has 1 aromatic heterocycles. The second-order valence-electron chi connectivity index (χ2n) is 4.51. The summed E-state index contributed by atoms with van der Waals surface area (Å²) in [6.45, 7) is 0.311. The maximum Gasteiger partial charge on any atom is 0.348 e. The summed E-state index contributed by atoms with van der Waals surface area (Å²) < 4.78 is 10.4. The number of methoxy groups -OCH3 is 1. The summed E-state index contributed by atoms with van der Waals surface area (Å²) in [6.07, 6.45) is 0. The number of nitro groups is 1. The van der Waals surface area contributed by atoms with Gasteiger partial charge in [-0.05, 0) is 12.1 Å². The largest absolute Gasteiger partial charge is 0.451 e. The minimum absolute atomic E-state index is 0.0484. The van der Waals surface area contributed by atoms with Gasteiger partial charge in [-0.25, -0.2) is 4.79 Å². The van der Waals surface area contributed by atoms with Gasteiger partial charge in [-0.1, -0.05) is 0 Å². The number of fused-ring (bicyclic) bond motifs is 1. The van der Waals surface area contributed by atoms with Crippen LogP contribution in [0.5, 0.6) is 0 Å². The Morgan fingerprint density at radius 2 is 2.13 bits per heavy atom. The van der Waals surface area contributed by atoms with E-state index >= 15 is 0 Å². The quantitative estimate of drug-likeness (QED) is 0.356. The Morgan fingerprint density at radius 1 is 1.35 bits per heavy atom. The number of amides is 1. The molecule has 122 valence electrons. The molecule has 0 aliphatic rings. The van der Waals surface area contributed by atoms with Crippen molar-refractivity contribution < 1.29 is 24.0 Å². The number of nitro benzene ring substituents is 1.